The average Bonchev–Trinajstić information content (AvgIpc) is 2.49. The predicted molar refractivity (Wildman–Crippen MR) is 79.4 cm³/mol. The normalized spacial score (nSPS) is 20.2. The second-order valence-corrected chi connectivity index (χ2v) is 7.23. The Labute approximate surface area is 128 Å². The molecule has 8 heteroatoms. The summed E-state index contributed by atoms with van der Waals surface area (Å²) in [5, 5.41) is 0.115. The van der Waals surface area contributed by atoms with Gasteiger partial charge in [-0.05, 0) is 31.0 Å². The molecule has 1 atom stereocenters. The van der Waals surface area contributed by atoms with E-state index in [9.17, 15) is 13.2 Å². The number of ether oxygens (including phenoxy) is 1. The lowest BCUT2D eigenvalue weighted by molar-refractivity contribution is -0.146. The van der Waals surface area contributed by atoms with Gasteiger partial charge in [-0.25, -0.2) is 8.42 Å². The van der Waals surface area contributed by atoms with E-state index < -0.39 is 21.9 Å². The Hall–Kier alpha value is -1.31. The van der Waals surface area contributed by atoms with Crippen molar-refractivity contribution >= 4 is 33.3 Å². The van der Waals surface area contributed by atoms with Gasteiger partial charge in [0.15, 0.2) is 0 Å². The van der Waals surface area contributed by atoms with E-state index in [0.717, 1.165) is 0 Å². The molecule has 1 unspecified atom stereocenters. The van der Waals surface area contributed by atoms with E-state index in [-0.39, 0.29) is 16.5 Å². The van der Waals surface area contributed by atoms with Gasteiger partial charge < -0.3 is 10.5 Å². The number of nitrogens with zero attached hydrogens (tertiary/aromatic N) is 1. The highest BCUT2D eigenvalue weighted by Gasteiger charge is 2.34. The summed E-state index contributed by atoms with van der Waals surface area (Å²) in [5.41, 5.74) is 5.95. The Morgan fingerprint density at radius 3 is 2.86 bits per heavy atom. The first-order chi connectivity index (χ1) is 9.86. The maximum absolute atomic E-state index is 12.7. The molecule has 0 saturated carbocycles. The summed E-state index contributed by atoms with van der Waals surface area (Å²) < 4.78 is 31.3. The number of hydrogen-bond donors (Lipinski definition) is 1. The van der Waals surface area contributed by atoms with Gasteiger partial charge in [-0.2, -0.15) is 4.31 Å². The Kier molecular flexibility index (Phi) is 4.75. The van der Waals surface area contributed by atoms with Gasteiger partial charge in [-0.1, -0.05) is 11.6 Å². The molecule has 0 aromatic heterocycles. The zero-order valence-corrected chi connectivity index (χ0v) is 13.2. The average molecular weight is 333 g/mol. The molecule has 0 bridgehead atoms. The molecule has 0 amide bonds. The topological polar surface area (TPSA) is 89.7 Å². The fourth-order valence-electron chi connectivity index (χ4n) is 2.38. The number of piperidine rings is 1. The number of esters is 1. The van der Waals surface area contributed by atoms with Crippen LogP contribution in [0.15, 0.2) is 23.1 Å². The van der Waals surface area contributed by atoms with Crippen molar-refractivity contribution < 1.29 is 17.9 Å². The van der Waals surface area contributed by atoms with Gasteiger partial charge in [0.2, 0.25) is 10.0 Å². The number of nitrogen functional groups attached to an aromatic ring is 1. The fraction of sp³-hybridized carbons (Fsp3) is 0.462. The molecule has 2 rings (SSSR count). The number of halogens is 1. The van der Waals surface area contributed by atoms with Crippen LogP contribution in [-0.2, 0) is 19.6 Å². The molecule has 0 spiro atoms. The van der Waals surface area contributed by atoms with Crippen LogP contribution in [0, 0.1) is 5.92 Å². The summed E-state index contributed by atoms with van der Waals surface area (Å²) >= 11 is 5.97. The summed E-state index contributed by atoms with van der Waals surface area (Å²) in [7, 11) is -2.48. The molecule has 116 valence electrons. The van der Waals surface area contributed by atoms with E-state index in [4.69, 9.17) is 22.1 Å². The van der Waals surface area contributed by atoms with Crippen molar-refractivity contribution in [3.05, 3.63) is 23.2 Å². The zero-order valence-electron chi connectivity index (χ0n) is 11.6. The van der Waals surface area contributed by atoms with Crippen molar-refractivity contribution in [1.82, 2.24) is 4.31 Å². The Bertz CT molecular complexity index is 648. The van der Waals surface area contributed by atoms with Crippen LogP contribution in [0.5, 0.6) is 0 Å². The first kappa shape index (κ1) is 16.1. The second kappa shape index (κ2) is 6.21. The summed E-state index contributed by atoms with van der Waals surface area (Å²) in [6.45, 7) is 0.446. The molecule has 2 N–H and O–H groups in total. The molecule has 6 nitrogen and oxygen atoms in total. The van der Waals surface area contributed by atoms with E-state index in [1.54, 1.807) is 0 Å². The standard InChI is InChI=1S/C13H17ClN2O4S/c1-20-13(17)9-3-2-6-16(8-9)21(18,19)12-7-10(15)4-5-11(12)14/h4-5,7,9H,2-3,6,8,15H2,1H3. The van der Waals surface area contributed by atoms with Crippen molar-refractivity contribution in [2.24, 2.45) is 5.92 Å². The molecular weight excluding hydrogens is 316 g/mol. The first-order valence-corrected chi connectivity index (χ1v) is 8.31. The smallest absolute Gasteiger partial charge is 0.309 e. The van der Waals surface area contributed by atoms with Crippen LogP contribution in [0.3, 0.4) is 0 Å². The molecular formula is C13H17ClN2O4S. The minimum Gasteiger partial charge on any atom is -0.469 e. The Morgan fingerprint density at radius 2 is 2.19 bits per heavy atom. The lowest BCUT2D eigenvalue weighted by atomic mass is 10.0. The van der Waals surface area contributed by atoms with Crippen LogP contribution in [0.4, 0.5) is 5.69 Å². The molecule has 1 aliphatic rings. The van der Waals surface area contributed by atoms with E-state index in [1.165, 1.54) is 29.6 Å². The minimum absolute atomic E-state index is 0.0327. The van der Waals surface area contributed by atoms with Gasteiger partial charge in [0.1, 0.15) is 4.90 Å². The number of carbonyl (C=O) groups excluding carboxylic acids is 1. The largest absolute Gasteiger partial charge is 0.469 e. The number of sulfonamides is 1. The molecule has 21 heavy (non-hydrogen) atoms. The number of carbonyl (C=O) groups is 1. The fourth-order valence-corrected chi connectivity index (χ4v) is 4.41. The molecule has 0 aliphatic carbocycles. The third-order valence-electron chi connectivity index (χ3n) is 3.49. The second-order valence-electron chi connectivity index (χ2n) is 4.92. The Morgan fingerprint density at radius 1 is 1.48 bits per heavy atom. The highest BCUT2D eigenvalue weighted by molar-refractivity contribution is 7.89. The van der Waals surface area contributed by atoms with Crippen molar-refractivity contribution in [3.63, 3.8) is 0 Å². The number of hydrogen-bond acceptors (Lipinski definition) is 5. The van der Waals surface area contributed by atoms with Crippen molar-refractivity contribution in [2.75, 3.05) is 25.9 Å². The number of anilines is 1. The molecule has 1 aromatic carbocycles. The van der Waals surface area contributed by atoms with Crippen LogP contribution >= 0.6 is 11.6 Å². The van der Waals surface area contributed by atoms with Crippen molar-refractivity contribution in [3.8, 4) is 0 Å². The van der Waals surface area contributed by atoms with Gasteiger partial charge in [0, 0.05) is 18.8 Å². The molecule has 1 aromatic rings. The number of methoxy groups -OCH3 is 1. The lowest BCUT2D eigenvalue weighted by Crippen LogP contribution is -2.42. The van der Waals surface area contributed by atoms with Gasteiger partial charge in [-0.3, -0.25) is 4.79 Å². The van der Waals surface area contributed by atoms with Crippen molar-refractivity contribution in [2.45, 2.75) is 17.7 Å². The zero-order chi connectivity index (χ0) is 15.6. The van der Waals surface area contributed by atoms with Crippen LogP contribution in [0.2, 0.25) is 5.02 Å². The maximum Gasteiger partial charge on any atom is 0.309 e. The van der Waals surface area contributed by atoms with Gasteiger partial charge in [-0.15, -0.1) is 0 Å². The van der Waals surface area contributed by atoms with Gasteiger partial charge in [0.05, 0.1) is 18.1 Å². The van der Waals surface area contributed by atoms with Crippen LogP contribution < -0.4 is 5.73 Å². The highest BCUT2D eigenvalue weighted by Crippen LogP contribution is 2.29. The van der Waals surface area contributed by atoms with Gasteiger partial charge in [0.25, 0.3) is 0 Å². The molecule has 0 radical (unpaired) electrons. The molecule has 1 aliphatic heterocycles. The molecule has 1 saturated heterocycles. The molecule has 1 heterocycles. The van der Waals surface area contributed by atoms with Crippen LogP contribution in [0.25, 0.3) is 0 Å². The SMILES string of the molecule is COC(=O)C1CCCN(S(=O)(=O)c2cc(N)ccc2Cl)C1. The van der Waals surface area contributed by atoms with E-state index >= 15 is 0 Å². The van der Waals surface area contributed by atoms with Crippen LogP contribution in [-0.4, -0.2) is 38.9 Å². The third kappa shape index (κ3) is 3.30. The number of rotatable bonds is 3. The highest BCUT2D eigenvalue weighted by atomic mass is 35.5. The number of nitrogens with two attached hydrogens (primary N) is 1. The van der Waals surface area contributed by atoms with Gasteiger partial charge >= 0.3 is 5.97 Å². The Balaban J connectivity index is 2.31. The van der Waals surface area contributed by atoms with Crippen molar-refractivity contribution in [1.29, 1.82) is 0 Å². The first-order valence-electron chi connectivity index (χ1n) is 6.49. The van der Waals surface area contributed by atoms with Crippen LogP contribution in [0.1, 0.15) is 12.8 Å². The van der Waals surface area contributed by atoms with E-state index in [1.807, 2.05) is 0 Å². The van der Waals surface area contributed by atoms with E-state index in [2.05, 4.69) is 0 Å². The summed E-state index contributed by atoms with van der Waals surface area (Å²) in [4.78, 5) is 11.6. The summed E-state index contributed by atoms with van der Waals surface area (Å²) in [6, 6.07) is 4.32. The summed E-state index contributed by atoms with van der Waals surface area (Å²) in [5.74, 6) is -0.841. The predicted octanol–water partition coefficient (Wildman–Crippen LogP) is 1.50. The molecule has 1 fully saturated rings. The lowest BCUT2D eigenvalue weighted by Gasteiger charge is -2.30. The maximum atomic E-state index is 12.7. The minimum atomic E-state index is -3.78. The number of benzene rings is 1. The van der Waals surface area contributed by atoms with E-state index in [0.29, 0.717) is 25.1 Å². The third-order valence-corrected chi connectivity index (χ3v) is 5.84. The summed E-state index contributed by atoms with van der Waals surface area (Å²) in [6.07, 6.45) is 1.21. The monoisotopic (exact) mass is 332 g/mol. The quantitative estimate of drug-likeness (QED) is 0.669.